The number of nitrogens with zero attached hydrogens (tertiary/aromatic N) is 2. The van der Waals surface area contributed by atoms with E-state index in [9.17, 15) is 17.2 Å². The van der Waals surface area contributed by atoms with Crippen molar-refractivity contribution in [1.82, 2.24) is 5.32 Å². The first kappa shape index (κ1) is 20.5. The van der Waals surface area contributed by atoms with Crippen molar-refractivity contribution in [2.75, 3.05) is 49.1 Å². The smallest absolute Gasteiger partial charge is 0.208 e. The average Bonchev–Trinajstić information content (AvgIpc) is 2.71. The van der Waals surface area contributed by atoms with Gasteiger partial charge in [-0.15, -0.1) is 0 Å². The molecule has 1 fully saturated rings. The van der Waals surface area contributed by atoms with E-state index in [0.29, 0.717) is 18.8 Å². The molecule has 2 aromatic carbocycles. The summed E-state index contributed by atoms with van der Waals surface area (Å²) in [7, 11) is -4.00. The summed E-state index contributed by atoms with van der Waals surface area (Å²) in [5.74, 6) is -2.25. The number of anilines is 2. The van der Waals surface area contributed by atoms with Crippen LogP contribution in [0.15, 0.2) is 46.2 Å². The van der Waals surface area contributed by atoms with E-state index in [1.807, 2.05) is 24.8 Å². The number of benzene rings is 2. The Balaban J connectivity index is 2.11. The van der Waals surface area contributed by atoms with Crippen molar-refractivity contribution in [2.45, 2.75) is 23.6 Å². The van der Waals surface area contributed by atoms with Crippen LogP contribution in [0.4, 0.5) is 20.2 Å². The predicted octanol–water partition coefficient (Wildman–Crippen LogP) is 3.05. The topological polar surface area (TPSA) is 52.6 Å². The molecule has 152 valence electrons. The van der Waals surface area contributed by atoms with Crippen LogP contribution < -0.4 is 15.1 Å². The lowest BCUT2D eigenvalue weighted by atomic mass is 10.2. The van der Waals surface area contributed by atoms with Crippen molar-refractivity contribution in [3.8, 4) is 0 Å². The Morgan fingerprint density at radius 2 is 1.68 bits per heavy atom. The lowest BCUT2D eigenvalue weighted by molar-refractivity contribution is 0.504. The molecule has 8 heteroatoms. The van der Waals surface area contributed by atoms with Crippen LogP contribution in [-0.2, 0) is 9.84 Å². The molecule has 1 saturated heterocycles. The first-order valence-corrected chi connectivity index (χ1v) is 10.9. The molecule has 0 aromatic heterocycles. The van der Waals surface area contributed by atoms with Gasteiger partial charge < -0.3 is 15.1 Å². The summed E-state index contributed by atoms with van der Waals surface area (Å²) >= 11 is 0. The molecular weight excluding hydrogens is 384 g/mol. The van der Waals surface area contributed by atoms with E-state index < -0.39 is 21.5 Å². The van der Waals surface area contributed by atoms with Gasteiger partial charge in [-0.05, 0) is 50.2 Å². The fourth-order valence-electron chi connectivity index (χ4n) is 3.44. The number of nitrogens with one attached hydrogen (secondary N) is 1. The zero-order valence-electron chi connectivity index (χ0n) is 16.1. The van der Waals surface area contributed by atoms with Gasteiger partial charge in [-0.1, -0.05) is 0 Å². The molecule has 3 rings (SSSR count). The monoisotopic (exact) mass is 409 g/mol. The van der Waals surface area contributed by atoms with E-state index in [1.165, 1.54) is 0 Å². The summed E-state index contributed by atoms with van der Waals surface area (Å²) in [6.07, 6.45) is 0. The van der Waals surface area contributed by atoms with Crippen LogP contribution in [-0.4, -0.2) is 47.7 Å². The lowest BCUT2D eigenvalue weighted by Gasteiger charge is -2.31. The molecule has 2 aromatic rings. The van der Waals surface area contributed by atoms with Gasteiger partial charge in [-0.2, -0.15) is 0 Å². The summed E-state index contributed by atoms with van der Waals surface area (Å²) in [5.41, 5.74) is 1.53. The summed E-state index contributed by atoms with van der Waals surface area (Å²) in [5, 5.41) is 3.30. The number of sulfone groups is 1. The molecule has 0 unspecified atom stereocenters. The van der Waals surface area contributed by atoms with Crippen molar-refractivity contribution in [1.29, 1.82) is 0 Å². The molecule has 1 N–H and O–H groups in total. The van der Waals surface area contributed by atoms with Gasteiger partial charge in [-0.25, -0.2) is 17.2 Å². The third kappa shape index (κ3) is 3.98. The van der Waals surface area contributed by atoms with Crippen molar-refractivity contribution in [3.05, 3.63) is 48.0 Å². The number of piperazine rings is 1. The van der Waals surface area contributed by atoms with Crippen LogP contribution in [0.2, 0.25) is 0 Å². The van der Waals surface area contributed by atoms with E-state index in [1.54, 1.807) is 12.1 Å². The molecule has 5 nitrogen and oxygen atoms in total. The fourth-order valence-corrected chi connectivity index (χ4v) is 4.91. The van der Waals surface area contributed by atoms with Crippen LogP contribution in [0.1, 0.15) is 13.8 Å². The molecule has 0 bridgehead atoms. The van der Waals surface area contributed by atoms with Crippen LogP contribution in [0.5, 0.6) is 0 Å². The highest BCUT2D eigenvalue weighted by Crippen LogP contribution is 2.34. The van der Waals surface area contributed by atoms with Crippen molar-refractivity contribution in [3.63, 3.8) is 0 Å². The van der Waals surface area contributed by atoms with Crippen LogP contribution in [0.3, 0.4) is 0 Å². The molecule has 1 aliphatic rings. The minimum Gasteiger partial charge on any atom is -0.371 e. The standard InChI is InChI=1S/C20H25F2N3O2S/c1-3-24(4-2)19-13-15(25-11-9-23-10-12-25)5-8-20(19)28(26,27)16-6-7-17(21)18(22)14-16/h5-8,13-14,23H,3-4,9-12H2,1-2H3. The second kappa shape index (κ2) is 8.45. The van der Waals surface area contributed by atoms with Gasteiger partial charge in [0.2, 0.25) is 9.84 Å². The number of hydrogen-bond donors (Lipinski definition) is 1. The maximum absolute atomic E-state index is 13.7. The average molecular weight is 410 g/mol. The molecule has 1 aliphatic heterocycles. The highest BCUT2D eigenvalue weighted by Gasteiger charge is 2.26. The quantitative estimate of drug-likeness (QED) is 0.744. The summed E-state index contributed by atoms with van der Waals surface area (Å²) in [6.45, 7) is 8.58. The summed E-state index contributed by atoms with van der Waals surface area (Å²) in [6, 6.07) is 7.91. The Bertz CT molecular complexity index is 940. The Morgan fingerprint density at radius 3 is 2.29 bits per heavy atom. The third-order valence-corrected chi connectivity index (χ3v) is 6.82. The van der Waals surface area contributed by atoms with Gasteiger partial charge in [0.15, 0.2) is 11.6 Å². The Hall–Kier alpha value is -2.19. The van der Waals surface area contributed by atoms with Gasteiger partial charge in [0.1, 0.15) is 0 Å². The fraction of sp³-hybridized carbons (Fsp3) is 0.400. The van der Waals surface area contributed by atoms with Crippen molar-refractivity contribution >= 4 is 21.2 Å². The molecule has 0 atom stereocenters. The molecule has 0 amide bonds. The molecule has 0 aliphatic carbocycles. The normalized spacial score (nSPS) is 14.9. The largest absolute Gasteiger partial charge is 0.371 e. The second-order valence-electron chi connectivity index (χ2n) is 6.64. The minimum atomic E-state index is -4.00. The van der Waals surface area contributed by atoms with E-state index in [2.05, 4.69) is 10.2 Å². The van der Waals surface area contributed by atoms with Crippen LogP contribution >= 0.6 is 0 Å². The molecule has 28 heavy (non-hydrogen) atoms. The van der Waals surface area contributed by atoms with E-state index >= 15 is 0 Å². The minimum absolute atomic E-state index is 0.0982. The zero-order valence-corrected chi connectivity index (χ0v) is 16.9. The van der Waals surface area contributed by atoms with Gasteiger partial charge >= 0.3 is 0 Å². The highest BCUT2D eigenvalue weighted by atomic mass is 32.2. The number of hydrogen-bond acceptors (Lipinski definition) is 5. The van der Waals surface area contributed by atoms with E-state index in [-0.39, 0.29) is 9.79 Å². The summed E-state index contributed by atoms with van der Waals surface area (Å²) in [4.78, 5) is 4.01. The van der Waals surface area contributed by atoms with Crippen molar-refractivity contribution < 1.29 is 17.2 Å². The van der Waals surface area contributed by atoms with E-state index in [4.69, 9.17) is 0 Å². The number of rotatable bonds is 6. The van der Waals surface area contributed by atoms with Gasteiger partial charge in [-0.3, -0.25) is 0 Å². The maximum atomic E-state index is 13.7. The predicted molar refractivity (Wildman–Crippen MR) is 107 cm³/mol. The van der Waals surface area contributed by atoms with Gasteiger partial charge in [0, 0.05) is 45.0 Å². The Kier molecular flexibility index (Phi) is 6.20. The molecule has 0 saturated carbocycles. The maximum Gasteiger partial charge on any atom is 0.208 e. The van der Waals surface area contributed by atoms with Crippen LogP contribution in [0.25, 0.3) is 0 Å². The molecule has 0 radical (unpaired) electrons. The van der Waals surface area contributed by atoms with E-state index in [0.717, 1.165) is 50.1 Å². The second-order valence-corrected chi connectivity index (χ2v) is 8.56. The SMILES string of the molecule is CCN(CC)c1cc(N2CCNCC2)ccc1S(=O)(=O)c1ccc(F)c(F)c1. The molecular formula is C20H25F2N3O2S. The van der Waals surface area contributed by atoms with Crippen LogP contribution in [0, 0.1) is 11.6 Å². The highest BCUT2D eigenvalue weighted by molar-refractivity contribution is 7.91. The van der Waals surface area contributed by atoms with Gasteiger partial charge in [0.25, 0.3) is 0 Å². The first-order valence-electron chi connectivity index (χ1n) is 9.43. The van der Waals surface area contributed by atoms with Crippen molar-refractivity contribution in [2.24, 2.45) is 0 Å². The molecule has 1 heterocycles. The molecule has 0 spiro atoms. The number of halogens is 2. The third-order valence-electron chi connectivity index (χ3n) is 5.02. The Morgan fingerprint density at radius 1 is 1.00 bits per heavy atom. The van der Waals surface area contributed by atoms with Gasteiger partial charge in [0.05, 0.1) is 15.5 Å². The first-order chi connectivity index (χ1) is 13.4. The Labute approximate surface area is 164 Å². The zero-order chi connectivity index (χ0) is 20.3. The summed E-state index contributed by atoms with van der Waals surface area (Å²) < 4.78 is 53.3. The lowest BCUT2D eigenvalue weighted by Crippen LogP contribution is -2.43.